The van der Waals surface area contributed by atoms with Crippen molar-refractivity contribution >= 4 is 35.0 Å². The number of carboxylic acid groups (broad SMARTS) is 1. The van der Waals surface area contributed by atoms with Crippen LogP contribution in [-0.4, -0.2) is 50.8 Å². The minimum atomic E-state index is -1.23. The van der Waals surface area contributed by atoms with Gasteiger partial charge in [-0.05, 0) is 72.7 Å². The summed E-state index contributed by atoms with van der Waals surface area (Å²) < 4.78 is 0. The first-order chi connectivity index (χ1) is 16.7. The van der Waals surface area contributed by atoms with Crippen molar-refractivity contribution < 1.29 is 14.7 Å². The summed E-state index contributed by atoms with van der Waals surface area (Å²) in [5.74, 6) is -1.43. The molecule has 1 aliphatic carbocycles. The zero-order chi connectivity index (χ0) is 25.1. The van der Waals surface area contributed by atoms with Crippen LogP contribution in [0.1, 0.15) is 49.3 Å². The molecule has 0 aromatic heterocycles. The third kappa shape index (κ3) is 5.39. The Bertz CT molecular complexity index is 1130. The van der Waals surface area contributed by atoms with E-state index in [2.05, 4.69) is 47.4 Å². The van der Waals surface area contributed by atoms with Crippen molar-refractivity contribution in [3.8, 4) is 0 Å². The summed E-state index contributed by atoms with van der Waals surface area (Å²) in [7, 11) is 8.02. The lowest BCUT2D eigenvalue weighted by Crippen LogP contribution is -2.33. The van der Waals surface area contributed by atoms with Gasteiger partial charge in [0, 0.05) is 57.9 Å². The van der Waals surface area contributed by atoms with Crippen LogP contribution < -0.4 is 14.9 Å². The van der Waals surface area contributed by atoms with E-state index in [4.69, 9.17) is 5.10 Å². The van der Waals surface area contributed by atoms with Crippen molar-refractivity contribution in [3.63, 3.8) is 0 Å². The van der Waals surface area contributed by atoms with E-state index in [9.17, 15) is 14.7 Å². The molecule has 0 unspecified atom stereocenters. The highest BCUT2D eigenvalue weighted by Gasteiger charge is 2.43. The zero-order valence-corrected chi connectivity index (χ0v) is 20.9. The first kappa shape index (κ1) is 24.5. The number of benzene rings is 2. The normalized spacial score (nSPS) is 20.4. The van der Waals surface area contributed by atoms with Crippen LogP contribution in [0.25, 0.3) is 6.08 Å². The van der Waals surface area contributed by atoms with Crippen molar-refractivity contribution in [2.75, 3.05) is 38.0 Å². The van der Waals surface area contributed by atoms with E-state index in [0.717, 1.165) is 53.0 Å². The second kappa shape index (κ2) is 10.3. The van der Waals surface area contributed by atoms with E-state index in [0.29, 0.717) is 0 Å². The van der Waals surface area contributed by atoms with E-state index in [1.165, 1.54) is 5.01 Å². The molecule has 35 heavy (non-hydrogen) atoms. The Morgan fingerprint density at radius 1 is 0.971 bits per heavy atom. The minimum Gasteiger partial charge on any atom is -0.550 e. The van der Waals surface area contributed by atoms with Gasteiger partial charge in [-0.25, -0.2) is 5.01 Å². The van der Waals surface area contributed by atoms with E-state index in [1.54, 1.807) is 0 Å². The summed E-state index contributed by atoms with van der Waals surface area (Å²) in [5, 5.41) is 17.4. The van der Waals surface area contributed by atoms with Crippen LogP contribution in [0.2, 0.25) is 0 Å². The van der Waals surface area contributed by atoms with Gasteiger partial charge in [0.2, 0.25) is 5.91 Å². The van der Waals surface area contributed by atoms with Gasteiger partial charge < -0.3 is 19.7 Å². The molecular weight excluding hydrogens is 440 g/mol. The van der Waals surface area contributed by atoms with Crippen LogP contribution in [-0.2, 0) is 9.59 Å². The van der Waals surface area contributed by atoms with Gasteiger partial charge in [0.05, 0.1) is 11.8 Å². The predicted molar refractivity (Wildman–Crippen MR) is 138 cm³/mol. The first-order valence-corrected chi connectivity index (χ1v) is 12.1. The quantitative estimate of drug-likeness (QED) is 0.615. The topological polar surface area (TPSA) is 79.3 Å². The van der Waals surface area contributed by atoms with Gasteiger partial charge in [0.15, 0.2) is 0 Å². The average molecular weight is 474 g/mol. The van der Waals surface area contributed by atoms with Gasteiger partial charge >= 0.3 is 0 Å². The number of fused-ring (bicyclic) bond motifs is 1. The number of carbonyl (C=O) groups is 2. The standard InChI is InChI=1S/C28H34N4O3/c1-30(2)22-12-8-19(9-13-22)18-21-6-5-7-24-27(21)29-32(25(33)16-17-26(34)35)28(24)20-10-14-23(15-11-20)31(3)4/h8-15,18,24,28H,5-7,16-17H2,1-4H3,(H,34,35)/p-1/b21-18+/t24-,28+/m1/s1. The summed E-state index contributed by atoms with van der Waals surface area (Å²) >= 11 is 0. The van der Waals surface area contributed by atoms with E-state index in [-0.39, 0.29) is 30.7 Å². The number of carboxylic acids is 1. The summed E-state index contributed by atoms with van der Waals surface area (Å²) in [4.78, 5) is 28.2. The van der Waals surface area contributed by atoms with Gasteiger partial charge in [0.1, 0.15) is 0 Å². The SMILES string of the molecule is CN(C)c1ccc(/C=C2\CCC[C@@H]3C2=NN(C(=O)CCC(=O)[O-])[C@H]3c2ccc(N(C)C)cc2)cc1. The van der Waals surface area contributed by atoms with Crippen LogP contribution in [0.15, 0.2) is 59.2 Å². The number of rotatable bonds is 7. The molecule has 1 fully saturated rings. The molecule has 7 nitrogen and oxygen atoms in total. The number of anilines is 2. The fourth-order valence-electron chi connectivity index (χ4n) is 4.90. The second-order valence-electron chi connectivity index (χ2n) is 9.68. The Kier molecular flexibility index (Phi) is 7.24. The van der Waals surface area contributed by atoms with Gasteiger partial charge in [-0.1, -0.05) is 24.3 Å². The maximum atomic E-state index is 13.1. The van der Waals surface area contributed by atoms with Crippen molar-refractivity contribution in [1.29, 1.82) is 0 Å². The number of aliphatic carboxylic acids is 1. The molecule has 0 spiro atoms. The van der Waals surface area contributed by atoms with Crippen LogP contribution in [0.3, 0.4) is 0 Å². The molecule has 0 bridgehead atoms. The molecule has 2 aliphatic rings. The predicted octanol–water partition coefficient (Wildman–Crippen LogP) is 3.47. The molecule has 7 heteroatoms. The Balaban J connectivity index is 1.68. The Morgan fingerprint density at radius 2 is 1.57 bits per heavy atom. The largest absolute Gasteiger partial charge is 0.550 e. The molecular formula is C28H33N4O3-. The number of hydrogen-bond donors (Lipinski definition) is 0. The van der Waals surface area contributed by atoms with Gasteiger partial charge in [0.25, 0.3) is 0 Å². The molecule has 1 aliphatic heterocycles. The smallest absolute Gasteiger partial charge is 0.243 e. The molecule has 0 radical (unpaired) electrons. The van der Waals surface area contributed by atoms with Crippen LogP contribution in [0, 0.1) is 5.92 Å². The highest BCUT2D eigenvalue weighted by Crippen LogP contribution is 2.45. The summed E-state index contributed by atoms with van der Waals surface area (Å²) in [6.07, 6.45) is 4.59. The van der Waals surface area contributed by atoms with Gasteiger partial charge in [-0.2, -0.15) is 5.10 Å². The van der Waals surface area contributed by atoms with Crippen molar-refractivity contribution in [1.82, 2.24) is 5.01 Å². The Morgan fingerprint density at radius 3 is 2.14 bits per heavy atom. The van der Waals surface area contributed by atoms with Crippen LogP contribution in [0.4, 0.5) is 11.4 Å². The fourth-order valence-corrected chi connectivity index (χ4v) is 4.90. The highest BCUT2D eigenvalue weighted by atomic mass is 16.4. The van der Waals surface area contributed by atoms with Crippen LogP contribution >= 0.6 is 0 Å². The van der Waals surface area contributed by atoms with Gasteiger partial charge in [-0.15, -0.1) is 0 Å². The van der Waals surface area contributed by atoms with Crippen molar-refractivity contribution in [3.05, 3.63) is 65.2 Å². The molecule has 1 saturated carbocycles. The molecule has 2 atom stereocenters. The number of amides is 1. The lowest BCUT2D eigenvalue weighted by Gasteiger charge is -2.30. The number of hydrogen-bond acceptors (Lipinski definition) is 6. The van der Waals surface area contributed by atoms with Gasteiger partial charge in [-0.3, -0.25) is 4.79 Å². The molecule has 4 rings (SSSR count). The number of nitrogens with zero attached hydrogens (tertiary/aromatic N) is 4. The maximum Gasteiger partial charge on any atom is 0.243 e. The average Bonchev–Trinajstić information content (AvgIpc) is 3.23. The monoisotopic (exact) mass is 473 g/mol. The third-order valence-electron chi connectivity index (χ3n) is 6.80. The summed E-state index contributed by atoms with van der Waals surface area (Å²) in [6.45, 7) is 0. The molecule has 2 aromatic carbocycles. The van der Waals surface area contributed by atoms with Crippen LogP contribution in [0.5, 0.6) is 0 Å². The lowest BCUT2D eigenvalue weighted by molar-refractivity contribution is -0.305. The van der Waals surface area contributed by atoms with E-state index >= 15 is 0 Å². The highest BCUT2D eigenvalue weighted by molar-refractivity contribution is 6.08. The summed E-state index contributed by atoms with van der Waals surface area (Å²) in [5.41, 5.74) is 6.41. The fraction of sp³-hybridized carbons (Fsp3) is 0.393. The molecule has 1 heterocycles. The first-order valence-electron chi connectivity index (χ1n) is 12.1. The minimum absolute atomic E-state index is 0.0770. The molecule has 1 amide bonds. The number of allylic oxidation sites excluding steroid dienone is 1. The van der Waals surface area contributed by atoms with Crippen molar-refractivity contribution in [2.24, 2.45) is 11.0 Å². The molecule has 2 aromatic rings. The lowest BCUT2D eigenvalue weighted by atomic mass is 9.77. The molecule has 0 N–H and O–H groups in total. The molecule has 184 valence electrons. The maximum absolute atomic E-state index is 13.1. The second-order valence-corrected chi connectivity index (χ2v) is 9.68. The number of hydrazone groups is 1. The van der Waals surface area contributed by atoms with E-state index < -0.39 is 5.97 Å². The Hall–Kier alpha value is -3.61. The third-order valence-corrected chi connectivity index (χ3v) is 6.80. The van der Waals surface area contributed by atoms with Crippen molar-refractivity contribution in [2.45, 2.75) is 38.1 Å². The number of carbonyl (C=O) groups excluding carboxylic acids is 2. The van der Waals surface area contributed by atoms with E-state index in [1.807, 2.05) is 45.2 Å². The Labute approximate surface area is 207 Å². The summed E-state index contributed by atoms with van der Waals surface area (Å²) in [6, 6.07) is 16.3. The molecule has 0 saturated heterocycles. The zero-order valence-electron chi connectivity index (χ0n) is 20.9.